The van der Waals surface area contributed by atoms with E-state index in [0.29, 0.717) is 15.7 Å². The van der Waals surface area contributed by atoms with Crippen molar-refractivity contribution in [1.82, 2.24) is 4.57 Å². The maximum atomic E-state index is 11.3. The van der Waals surface area contributed by atoms with E-state index in [9.17, 15) is 9.90 Å². The van der Waals surface area contributed by atoms with E-state index in [1.807, 2.05) is 16.7 Å². The van der Waals surface area contributed by atoms with E-state index in [1.165, 1.54) is 0 Å². The highest BCUT2D eigenvalue weighted by atomic mass is 35.5. The third-order valence-electron chi connectivity index (χ3n) is 3.28. The number of carbonyl (C=O) groups is 1. The molecule has 1 aromatic carbocycles. The minimum Gasteiger partial charge on any atom is -0.477 e. The van der Waals surface area contributed by atoms with Crippen molar-refractivity contribution >= 4 is 29.2 Å². The molecule has 1 heterocycles. The molecule has 0 amide bonds. The zero-order valence-corrected chi connectivity index (χ0v) is 11.4. The zero-order valence-electron chi connectivity index (χ0n) is 9.94. The van der Waals surface area contributed by atoms with Gasteiger partial charge in [0.1, 0.15) is 5.69 Å². The Balaban J connectivity index is 2.20. The number of nitrogens with zero attached hydrogens (tertiary/aromatic N) is 1. The van der Waals surface area contributed by atoms with Crippen LogP contribution in [0.15, 0.2) is 30.3 Å². The van der Waals surface area contributed by atoms with Crippen LogP contribution in [0, 0.1) is 0 Å². The highest BCUT2D eigenvalue weighted by molar-refractivity contribution is 6.43. The third kappa shape index (κ3) is 2.13. The Morgan fingerprint density at radius 2 is 1.95 bits per heavy atom. The molecule has 2 aromatic rings. The van der Waals surface area contributed by atoms with Crippen LogP contribution in [0.25, 0.3) is 11.3 Å². The van der Waals surface area contributed by atoms with Crippen LogP contribution in [0.4, 0.5) is 0 Å². The maximum Gasteiger partial charge on any atom is 0.352 e. The van der Waals surface area contributed by atoms with Gasteiger partial charge in [-0.1, -0.05) is 35.3 Å². The van der Waals surface area contributed by atoms with Crippen LogP contribution in [0.5, 0.6) is 0 Å². The molecule has 1 N–H and O–H groups in total. The average Bonchev–Trinajstić information content (AvgIpc) is 3.11. The van der Waals surface area contributed by atoms with E-state index in [0.717, 1.165) is 24.1 Å². The van der Waals surface area contributed by atoms with Crippen molar-refractivity contribution in [3.05, 3.63) is 46.1 Å². The van der Waals surface area contributed by atoms with Gasteiger partial charge >= 0.3 is 5.97 Å². The molecule has 3 nitrogen and oxygen atoms in total. The predicted octanol–water partition coefficient (Wildman–Crippen LogP) is 4.50. The summed E-state index contributed by atoms with van der Waals surface area (Å²) in [6, 6.07) is 9.05. The van der Waals surface area contributed by atoms with Crippen molar-refractivity contribution < 1.29 is 9.90 Å². The molecule has 98 valence electrons. The Kier molecular flexibility index (Phi) is 3.03. The van der Waals surface area contributed by atoms with Crippen LogP contribution >= 0.6 is 23.2 Å². The summed E-state index contributed by atoms with van der Waals surface area (Å²) in [6.45, 7) is 0. The summed E-state index contributed by atoms with van der Waals surface area (Å²) < 4.78 is 1.85. The van der Waals surface area contributed by atoms with Gasteiger partial charge in [-0.25, -0.2) is 4.79 Å². The number of halogens is 2. The van der Waals surface area contributed by atoms with Crippen LogP contribution in [0.2, 0.25) is 10.0 Å². The Labute approximate surface area is 120 Å². The van der Waals surface area contributed by atoms with Crippen LogP contribution in [0.3, 0.4) is 0 Å². The highest BCUT2D eigenvalue weighted by Crippen LogP contribution is 2.42. The first kappa shape index (κ1) is 12.6. The number of rotatable bonds is 3. The van der Waals surface area contributed by atoms with Crippen LogP contribution in [-0.2, 0) is 0 Å². The molecule has 0 bridgehead atoms. The van der Waals surface area contributed by atoms with Crippen molar-refractivity contribution in [2.45, 2.75) is 18.9 Å². The molecule has 19 heavy (non-hydrogen) atoms. The number of hydrogen-bond acceptors (Lipinski definition) is 1. The monoisotopic (exact) mass is 295 g/mol. The molecule has 1 aliphatic rings. The summed E-state index contributed by atoms with van der Waals surface area (Å²) in [4.78, 5) is 11.3. The number of aromatic carboxylic acids is 1. The van der Waals surface area contributed by atoms with E-state index in [1.54, 1.807) is 18.2 Å². The lowest BCUT2D eigenvalue weighted by molar-refractivity contribution is 0.0685. The molecule has 3 rings (SSSR count). The predicted molar refractivity (Wildman–Crippen MR) is 75.1 cm³/mol. The van der Waals surface area contributed by atoms with Gasteiger partial charge in [0.2, 0.25) is 0 Å². The number of carboxylic acids is 1. The van der Waals surface area contributed by atoms with Gasteiger partial charge in [-0.05, 0) is 31.0 Å². The van der Waals surface area contributed by atoms with Crippen LogP contribution in [-0.4, -0.2) is 15.6 Å². The maximum absolute atomic E-state index is 11.3. The van der Waals surface area contributed by atoms with Gasteiger partial charge in [0, 0.05) is 11.6 Å². The zero-order chi connectivity index (χ0) is 13.6. The fourth-order valence-corrected chi connectivity index (χ4v) is 2.67. The minimum absolute atomic E-state index is 0.256. The first-order valence-corrected chi connectivity index (χ1v) is 6.74. The summed E-state index contributed by atoms with van der Waals surface area (Å²) in [6.07, 6.45) is 2.00. The average molecular weight is 296 g/mol. The van der Waals surface area contributed by atoms with Crippen molar-refractivity contribution in [2.75, 3.05) is 0 Å². The normalized spacial score (nSPS) is 14.6. The van der Waals surface area contributed by atoms with Gasteiger partial charge in [0.05, 0.1) is 15.7 Å². The largest absolute Gasteiger partial charge is 0.477 e. The lowest BCUT2D eigenvalue weighted by Crippen LogP contribution is -2.08. The SMILES string of the molecule is O=C(O)c1ccc(-c2cccc(Cl)c2Cl)n1C1CC1. The molecule has 0 aliphatic heterocycles. The molecule has 5 heteroatoms. The smallest absolute Gasteiger partial charge is 0.352 e. The quantitative estimate of drug-likeness (QED) is 0.906. The van der Waals surface area contributed by atoms with Crippen LogP contribution < -0.4 is 0 Å². The second kappa shape index (κ2) is 4.58. The highest BCUT2D eigenvalue weighted by Gasteiger charge is 2.30. The first-order chi connectivity index (χ1) is 9.09. The van der Waals surface area contributed by atoms with E-state index >= 15 is 0 Å². The Morgan fingerprint density at radius 1 is 1.21 bits per heavy atom. The molecule has 1 aliphatic carbocycles. The van der Waals surface area contributed by atoms with Gasteiger partial charge in [-0.3, -0.25) is 0 Å². The van der Waals surface area contributed by atoms with Crippen molar-refractivity contribution in [3.8, 4) is 11.3 Å². The topological polar surface area (TPSA) is 42.2 Å². The van der Waals surface area contributed by atoms with E-state index in [4.69, 9.17) is 23.2 Å². The second-order valence-electron chi connectivity index (χ2n) is 4.61. The Bertz CT molecular complexity index is 659. The molecule has 0 saturated heterocycles. The number of carboxylic acid groups (broad SMARTS) is 1. The molecular weight excluding hydrogens is 285 g/mol. The minimum atomic E-state index is -0.920. The fourth-order valence-electron chi connectivity index (χ4n) is 2.27. The number of aromatic nitrogens is 1. The Hall–Kier alpha value is -1.45. The molecular formula is C14H11Cl2NO2. The second-order valence-corrected chi connectivity index (χ2v) is 5.40. The van der Waals surface area contributed by atoms with Gasteiger partial charge in [-0.2, -0.15) is 0 Å². The molecule has 0 spiro atoms. The summed E-state index contributed by atoms with van der Waals surface area (Å²) in [7, 11) is 0. The number of hydrogen-bond donors (Lipinski definition) is 1. The van der Waals surface area contributed by atoms with Crippen molar-refractivity contribution in [1.29, 1.82) is 0 Å². The molecule has 0 radical (unpaired) electrons. The van der Waals surface area contributed by atoms with E-state index in [2.05, 4.69) is 0 Å². The fraction of sp³-hybridized carbons (Fsp3) is 0.214. The molecule has 0 atom stereocenters. The first-order valence-electron chi connectivity index (χ1n) is 5.98. The summed E-state index contributed by atoms with van der Waals surface area (Å²) in [5.41, 5.74) is 1.88. The standard InChI is InChI=1S/C14H11Cl2NO2/c15-10-3-1-2-9(13(10)16)11-6-7-12(14(18)19)17(11)8-4-5-8/h1-3,6-8H,4-5H2,(H,18,19). The summed E-state index contributed by atoms with van der Waals surface area (Å²) in [5.74, 6) is -0.920. The van der Waals surface area contributed by atoms with Gasteiger partial charge < -0.3 is 9.67 Å². The van der Waals surface area contributed by atoms with Crippen LogP contribution in [0.1, 0.15) is 29.4 Å². The lowest BCUT2D eigenvalue weighted by Gasteiger charge is -2.12. The summed E-state index contributed by atoms with van der Waals surface area (Å²) in [5, 5.41) is 10.2. The van der Waals surface area contributed by atoms with E-state index < -0.39 is 5.97 Å². The summed E-state index contributed by atoms with van der Waals surface area (Å²) >= 11 is 12.2. The molecule has 1 fully saturated rings. The number of benzene rings is 1. The Morgan fingerprint density at radius 3 is 2.58 bits per heavy atom. The lowest BCUT2D eigenvalue weighted by atomic mass is 10.1. The van der Waals surface area contributed by atoms with Crippen molar-refractivity contribution in [3.63, 3.8) is 0 Å². The van der Waals surface area contributed by atoms with Gasteiger partial charge in [0.25, 0.3) is 0 Å². The van der Waals surface area contributed by atoms with Gasteiger partial charge in [0.15, 0.2) is 0 Å². The third-order valence-corrected chi connectivity index (χ3v) is 4.10. The molecule has 1 saturated carbocycles. The van der Waals surface area contributed by atoms with E-state index in [-0.39, 0.29) is 6.04 Å². The molecule has 0 unspecified atom stereocenters. The van der Waals surface area contributed by atoms with Crippen molar-refractivity contribution in [2.24, 2.45) is 0 Å². The van der Waals surface area contributed by atoms with Gasteiger partial charge in [-0.15, -0.1) is 0 Å². The molecule has 1 aromatic heterocycles.